The van der Waals surface area contributed by atoms with E-state index in [1.807, 2.05) is 72.8 Å². The van der Waals surface area contributed by atoms with Crippen LogP contribution in [0.25, 0.3) is 0 Å². The zero-order valence-corrected chi connectivity index (χ0v) is 24.0. The summed E-state index contributed by atoms with van der Waals surface area (Å²) >= 11 is 52.1. The Bertz CT molecular complexity index is 877. The molecule has 3 aromatic carbocycles. The van der Waals surface area contributed by atoms with E-state index in [0.717, 1.165) is 13.1 Å². The molecule has 0 heterocycles. The van der Waals surface area contributed by atoms with Crippen LogP contribution in [0, 0.1) is 0 Å². The molecule has 0 aliphatic heterocycles. The second kappa shape index (κ2) is 10.2. The van der Waals surface area contributed by atoms with Crippen LogP contribution >= 0.6 is 104 Å². The van der Waals surface area contributed by atoms with Crippen LogP contribution in [0.4, 0.5) is 0 Å². The summed E-state index contributed by atoms with van der Waals surface area (Å²) < 4.78 is -1.12. The zero-order valence-electron chi connectivity index (χ0n) is 15.3. The summed E-state index contributed by atoms with van der Waals surface area (Å²) in [6.07, 6.45) is 0. The van der Waals surface area contributed by atoms with Crippen molar-refractivity contribution in [2.24, 2.45) is 0 Å². The standard InChI is InChI=1S/C21H12AsCl9/c23-19(24,25)13-1-7-16(8-2-13)22(17-9-3-14(4-10-17)20(26,27)28)18-11-5-15(6-12-18)21(29,30)31/h1-12H. The molecule has 0 atom stereocenters. The molecule has 0 saturated carbocycles. The molecule has 10 heteroatoms. The van der Waals surface area contributed by atoms with Gasteiger partial charge < -0.3 is 0 Å². The Morgan fingerprint density at radius 3 is 0.710 bits per heavy atom. The van der Waals surface area contributed by atoms with Crippen molar-refractivity contribution in [1.29, 1.82) is 0 Å². The molecule has 0 aliphatic rings. The fourth-order valence-electron chi connectivity index (χ4n) is 2.85. The van der Waals surface area contributed by atoms with Gasteiger partial charge in [0.1, 0.15) is 0 Å². The van der Waals surface area contributed by atoms with E-state index in [1.165, 1.54) is 0 Å². The topological polar surface area (TPSA) is 0 Å². The molecule has 0 N–H and O–H groups in total. The summed E-state index contributed by atoms with van der Waals surface area (Å²) in [7, 11) is 0. The van der Waals surface area contributed by atoms with Crippen LogP contribution in [0.1, 0.15) is 16.7 Å². The van der Waals surface area contributed by atoms with E-state index in [-0.39, 0.29) is 0 Å². The summed E-state index contributed by atoms with van der Waals surface area (Å²) in [4.78, 5) is 0. The molecular weight excluding hydrogens is 646 g/mol. The fourth-order valence-corrected chi connectivity index (χ4v) is 8.67. The minimum atomic E-state index is -2.01. The maximum absolute atomic E-state index is 6.01. The summed E-state index contributed by atoms with van der Waals surface area (Å²) in [5, 5.41) is 0. The van der Waals surface area contributed by atoms with Crippen molar-refractivity contribution in [1.82, 2.24) is 0 Å². The van der Waals surface area contributed by atoms with E-state index in [4.69, 9.17) is 104 Å². The van der Waals surface area contributed by atoms with Crippen LogP contribution in [-0.2, 0) is 11.4 Å². The van der Waals surface area contributed by atoms with Crippen LogP contribution in [0.3, 0.4) is 0 Å². The molecule has 0 aromatic heterocycles. The number of halogens is 9. The maximum atomic E-state index is 6.01. The van der Waals surface area contributed by atoms with Crippen molar-refractivity contribution in [2.45, 2.75) is 11.4 Å². The second-order valence-electron chi connectivity index (χ2n) is 6.47. The Morgan fingerprint density at radius 2 is 0.548 bits per heavy atom. The number of rotatable bonds is 3. The molecule has 3 aromatic rings. The molecule has 0 amide bonds. The van der Waals surface area contributed by atoms with E-state index in [9.17, 15) is 0 Å². The van der Waals surface area contributed by atoms with Gasteiger partial charge in [-0.3, -0.25) is 0 Å². The van der Waals surface area contributed by atoms with Crippen molar-refractivity contribution >= 4 is 132 Å². The van der Waals surface area contributed by atoms with Crippen molar-refractivity contribution in [3.8, 4) is 0 Å². The van der Waals surface area contributed by atoms with Gasteiger partial charge >= 0.3 is 233 Å². The van der Waals surface area contributed by atoms with Crippen molar-refractivity contribution in [3.05, 3.63) is 89.5 Å². The minimum absolute atomic E-state index is 0.591. The number of hydrogen-bond donors (Lipinski definition) is 0. The molecule has 0 saturated heterocycles. The first kappa shape index (κ1) is 26.4. The summed E-state index contributed by atoms with van der Waals surface area (Å²) in [5.74, 6) is 0. The normalized spacial score (nSPS) is 13.0. The molecule has 0 bridgehead atoms. The summed E-state index contributed by atoms with van der Waals surface area (Å²) in [6.45, 7) is 0. The van der Waals surface area contributed by atoms with Gasteiger partial charge in [-0.25, -0.2) is 0 Å². The molecule has 3 rings (SSSR count). The zero-order chi connectivity index (χ0) is 23.0. The summed E-state index contributed by atoms with van der Waals surface area (Å²) in [6, 6.07) is 22.7. The molecule has 0 aliphatic carbocycles. The monoisotopic (exact) mass is 654 g/mol. The Hall–Kier alpha value is 0.828. The quantitative estimate of drug-likeness (QED) is 0.200. The van der Waals surface area contributed by atoms with Crippen molar-refractivity contribution in [2.75, 3.05) is 0 Å². The van der Waals surface area contributed by atoms with E-state index < -0.39 is 26.0 Å². The number of alkyl halides is 9. The van der Waals surface area contributed by atoms with Gasteiger partial charge in [0.05, 0.1) is 0 Å². The van der Waals surface area contributed by atoms with E-state index >= 15 is 0 Å². The van der Waals surface area contributed by atoms with Crippen LogP contribution in [0.15, 0.2) is 72.8 Å². The van der Waals surface area contributed by atoms with Gasteiger partial charge in [0.15, 0.2) is 0 Å². The van der Waals surface area contributed by atoms with Gasteiger partial charge in [0, 0.05) is 0 Å². The average molecular weight is 658 g/mol. The first-order valence-corrected chi connectivity index (χ1v) is 14.8. The van der Waals surface area contributed by atoms with Crippen LogP contribution < -0.4 is 13.1 Å². The van der Waals surface area contributed by atoms with Gasteiger partial charge in [-0.2, -0.15) is 0 Å². The third kappa shape index (κ3) is 6.92. The molecule has 0 radical (unpaired) electrons. The van der Waals surface area contributed by atoms with Gasteiger partial charge in [-0.15, -0.1) is 0 Å². The SMILES string of the molecule is ClC(Cl)(Cl)c1ccc([As](c2ccc(C(Cl)(Cl)Cl)cc2)c2ccc(C(Cl)(Cl)Cl)cc2)cc1. The van der Waals surface area contributed by atoms with E-state index in [0.29, 0.717) is 16.7 Å². The summed E-state index contributed by atoms with van der Waals surface area (Å²) in [5.41, 5.74) is 1.77. The van der Waals surface area contributed by atoms with E-state index in [2.05, 4.69) is 0 Å². The Balaban J connectivity index is 2.08. The molecule has 0 unspecified atom stereocenters. The van der Waals surface area contributed by atoms with Crippen LogP contribution in [0.5, 0.6) is 0 Å². The second-order valence-corrected chi connectivity index (χ2v) is 18.0. The Morgan fingerprint density at radius 1 is 0.355 bits per heavy atom. The van der Waals surface area contributed by atoms with E-state index in [1.54, 1.807) is 0 Å². The third-order valence-corrected chi connectivity index (χ3v) is 11.4. The number of hydrogen-bond acceptors (Lipinski definition) is 0. The molecule has 0 spiro atoms. The van der Waals surface area contributed by atoms with Crippen LogP contribution in [0.2, 0.25) is 0 Å². The molecule has 31 heavy (non-hydrogen) atoms. The van der Waals surface area contributed by atoms with Gasteiger partial charge in [0.2, 0.25) is 0 Å². The molecule has 0 fully saturated rings. The van der Waals surface area contributed by atoms with Crippen LogP contribution in [-0.4, -0.2) is 14.7 Å². The molecule has 0 nitrogen and oxygen atoms in total. The van der Waals surface area contributed by atoms with Crippen molar-refractivity contribution in [3.63, 3.8) is 0 Å². The van der Waals surface area contributed by atoms with Gasteiger partial charge in [-0.05, 0) is 0 Å². The molecular formula is C21H12AsCl9. The third-order valence-electron chi connectivity index (χ3n) is 4.36. The van der Waals surface area contributed by atoms with Crippen molar-refractivity contribution < 1.29 is 0 Å². The predicted octanol–water partition coefficient (Wildman–Crippen LogP) is 7.68. The first-order valence-electron chi connectivity index (χ1n) is 8.59. The predicted molar refractivity (Wildman–Crippen MR) is 142 cm³/mol. The fraction of sp³-hybridized carbons (Fsp3) is 0.143. The molecule has 164 valence electrons. The first-order chi connectivity index (χ1) is 14.3. The Labute approximate surface area is 230 Å². The Kier molecular flexibility index (Phi) is 8.71. The number of benzene rings is 3. The average Bonchev–Trinajstić information content (AvgIpc) is 2.67. The van der Waals surface area contributed by atoms with Gasteiger partial charge in [0.25, 0.3) is 0 Å². The van der Waals surface area contributed by atoms with Gasteiger partial charge in [-0.1, -0.05) is 0 Å².